The Bertz CT molecular complexity index is 367. The number of non-ortho nitro benzene ring substituents is 1. The van der Waals surface area contributed by atoms with Gasteiger partial charge >= 0.3 is 0 Å². The molecule has 2 rings (SSSR count). The normalized spacial score (nSPS) is 19.9. The first-order valence-corrected chi connectivity index (χ1v) is 4.83. The van der Waals surface area contributed by atoms with Crippen LogP contribution in [0.25, 0.3) is 0 Å². The molecule has 1 aromatic rings. The van der Waals surface area contributed by atoms with Crippen LogP contribution < -0.4 is 5.32 Å². The van der Waals surface area contributed by atoms with Crippen LogP contribution in [0.4, 0.5) is 5.69 Å². The van der Waals surface area contributed by atoms with E-state index in [1.165, 1.54) is 6.07 Å². The van der Waals surface area contributed by atoms with Gasteiger partial charge in [-0.25, -0.2) is 0 Å². The van der Waals surface area contributed by atoms with Crippen molar-refractivity contribution >= 4 is 18.1 Å². The van der Waals surface area contributed by atoms with Gasteiger partial charge in [-0.05, 0) is 5.56 Å². The fourth-order valence-electron chi connectivity index (χ4n) is 1.63. The maximum atomic E-state index is 10.6. The van der Waals surface area contributed by atoms with Gasteiger partial charge in [0.05, 0.1) is 24.2 Å². The van der Waals surface area contributed by atoms with Crippen LogP contribution in [-0.4, -0.2) is 24.7 Å². The molecule has 0 spiro atoms. The molecule has 1 saturated heterocycles. The highest BCUT2D eigenvalue weighted by Gasteiger charge is 2.17. The highest BCUT2D eigenvalue weighted by atomic mass is 35.5. The Morgan fingerprint density at radius 3 is 2.94 bits per heavy atom. The summed E-state index contributed by atoms with van der Waals surface area (Å²) in [4.78, 5) is 10.2. The molecule has 1 aliphatic heterocycles. The first-order valence-electron chi connectivity index (χ1n) is 4.83. The Hall–Kier alpha value is -1.17. The minimum absolute atomic E-state index is 0. The lowest BCUT2D eigenvalue weighted by Gasteiger charge is -2.23. The van der Waals surface area contributed by atoms with Gasteiger partial charge in [0.2, 0.25) is 0 Å². The standard InChI is InChI=1S/C10H12N2O3.ClH/c13-12(14)9-3-1-2-8(6-9)10-7-15-5-4-11-10;/h1-3,6,10-11H,4-5,7H2;1H/t10-;/m1./s1. The Morgan fingerprint density at radius 2 is 2.31 bits per heavy atom. The van der Waals surface area contributed by atoms with Crippen LogP contribution in [0.1, 0.15) is 11.6 Å². The van der Waals surface area contributed by atoms with Crippen molar-refractivity contribution in [1.82, 2.24) is 5.32 Å². The summed E-state index contributed by atoms with van der Waals surface area (Å²) in [7, 11) is 0. The summed E-state index contributed by atoms with van der Waals surface area (Å²) >= 11 is 0. The summed E-state index contributed by atoms with van der Waals surface area (Å²) in [6.45, 7) is 2.06. The minimum atomic E-state index is -0.382. The Balaban J connectivity index is 0.00000128. The van der Waals surface area contributed by atoms with E-state index in [9.17, 15) is 10.1 Å². The lowest BCUT2D eigenvalue weighted by Crippen LogP contribution is -2.34. The fraction of sp³-hybridized carbons (Fsp3) is 0.400. The molecule has 88 valence electrons. The fourth-order valence-corrected chi connectivity index (χ4v) is 1.63. The van der Waals surface area contributed by atoms with E-state index in [4.69, 9.17) is 4.74 Å². The van der Waals surface area contributed by atoms with Crippen molar-refractivity contribution in [2.45, 2.75) is 6.04 Å². The van der Waals surface area contributed by atoms with E-state index in [1.807, 2.05) is 6.07 Å². The monoisotopic (exact) mass is 244 g/mol. The lowest BCUT2D eigenvalue weighted by molar-refractivity contribution is -0.384. The number of nitro benzene ring substituents is 1. The third-order valence-electron chi connectivity index (χ3n) is 2.41. The molecule has 0 aliphatic carbocycles. The van der Waals surface area contributed by atoms with Crippen molar-refractivity contribution in [3.63, 3.8) is 0 Å². The minimum Gasteiger partial charge on any atom is -0.378 e. The molecule has 0 saturated carbocycles. The van der Waals surface area contributed by atoms with Gasteiger partial charge in [-0.3, -0.25) is 10.1 Å². The third kappa shape index (κ3) is 2.91. The van der Waals surface area contributed by atoms with Gasteiger partial charge in [0.25, 0.3) is 5.69 Å². The number of benzene rings is 1. The van der Waals surface area contributed by atoms with Crippen molar-refractivity contribution in [2.24, 2.45) is 0 Å². The summed E-state index contributed by atoms with van der Waals surface area (Å²) in [6.07, 6.45) is 0. The van der Waals surface area contributed by atoms with Gasteiger partial charge in [-0.15, -0.1) is 12.4 Å². The molecule has 1 fully saturated rings. The number of nitro groups is 1. The smallest absolute Gasteiger partial charge is 0.269 e. The van der Waals surface area contributed by atoms with Crippen LogP contribution in [0.15, 0.2) is 24.3 Å². The molecule has 1 N–H and O–H groups in total. The Morgan fingerprint density at radius 1 is 1.50 bits per heavy atom. The van der Waals surface area contributed by atoms with Gasteiger partial charge in [-0.1, -0.05) is 12.1 Å². The van der Waals surface area contributed by atoms with Crippen molar-refractivity contribution in [3.8, 4) is 0 Å². The van der Waals surface area contributed by atoms with E-state index in [-0.39, 0.29) is 29.1 Å². The number of nitrogens with one attached hydrogen (secondary N) is 1. The molecular weight excluding hydrogens is 232 g/mol. The van der Waals surface area contributed by atoms with Gasteiger partial charge in [0.1, 0.15) is 0 Å². The molecule has 1 atom stereocenters. The number of nitrogens with zero attached hydrogens (tertiary/aromatic N) is 1. The largest absolute Gasteiger partial charge is 0.378 e. The summed E-state index contributed by atoms with van der Waals surface area (Å²) in [5, 5.41) is 13.8. The number of ether oxygens (including phenoxy) is 1. The Labute approximate surface area is 99.4 Å². The molecule has 0 aromatic heterocycles. The van der Waals surface area contributed by atoms with Gasteiger partial charge in [-0.2, -0.15) is 0 Å². The molecule has 6 heteroatoms. The lowest BCUT2D eigenvalue weighted by atomic mass is 10.1. The van der Waals surface area contributed by atoms with Crippen LogP contribution >= 0.6 is 12.4 Å². The second kappa shape index (κ2) is 5.79. The maximum absolute atomic E-state index is 10.6. The third-order valence-corrected chi connectivity index (χ3v) is 2.41. The van der Waals surface area contributed by atoms with Crippen LogP contribution in [0.2, 0.25) is 0 Å². The van der Waals surface area contributed by atoms with E-state index in [1.54, 1.807) is 12.1 Å². The first-order chi connectivity index (χ1) is 7.27. The van der Waals surface area contributed by atoms with Crippen molar-refractivity contribution < 1.29 is 9.66 Å². The molecule has 1 aliphatic rings. The van der Waals surface area contributed by atoms with Crippen LogP contribution in [0.5, 0.6) is 0 Å². The summed E-state index contributed by atoms with van der Waals surface area (Å²) < 4.78 is 5.30. The molecule has 5 nitrogen and oxygen atoms in total. The summed E-state index contributed by atoms with van der Waals surface area (Å²) in [6, 6.07) is 6.72. The molecule has 0 radical (unpaired) electrons. The molecule has 0 amide bonds. The topological polar surface area (TPSA) is 64.4 Å². The zero-order chi connectivity index (χ0) is 10.7. The number of hydrogen-bond donors (Lipinski definition) is 1. The predicted molar refractivity (Wildman–Crippen MR) is 61.9 cm³/mol. The van der Waals surface area contributed by atoms with Crippen LogP contribution in [0, 0.1) is 10.1 Å². The number of morpholine rings is 1. The van der Waals surface area contributed by atoms with Crippen molar-refractivity contribution in [3.05, 3.63) is 39.9 Å². The van der Waals surface area contributed by atoms with E-state index < -0.39 is 0 Å². The zero-order valence-corrected chi connectivity index (χ0v) is 9.40. The van der Waals surface area contributed by atoms with Crippen LogP contribution in [-0.2, 0) is 4.74 Å². The molecule has 1 heterocycles. The van der Waals surface area contributed by atoms with Crippen molar-refractivity contribution in [2.75, 3.05) is 19.8 Å². The van der Waals surface area contributed by atoms with E-state index in [0.717, 1.165) is 12.1 Å². The molecule has 1 aromatic carbocycles. The maximum Gasteiger partial charge on any atom is 0.269 e. The molecule has 0 unspecified atom stereocenters. The molecule has 16 heavy (non-hydrogen) atoms. The number of rotatable bonds is 2. The Kier molecular flexibility index (Phi) is 4.67. The predicted octanol–water partition coefficient (Wildman–Crippen LogP) is 1.68. The second-order valence-corrected chi connectivity index (χ2v) is 3.43. The quantitative estimate of drug-likeness (QED) is 0.635. The molecular formula is C10H13ClN2O3. The molecule has 0 bridgehead atoms. The average Bonchev–Trinajstić information content (AvgIpc) is 2.30. The van der Waals surface area contributed by atoms with E-state index in [0.29, 0.717) is 13.2 Å². The van der Waals surface area contributed by atoms with Gasteiger partial charge in [0.15, 0.2) is 0 Å². The SMILES string of the molecule is Cl.O=[N+]([O-])c1cccc([C@H]2COCCN2)c1. The van der Waals surface area contributed by atoms with E-state index in [2.05, 4.69) is 5.32 Å². The average molecular weight is 245 g/mol. The van der Waals surface area contributed by atoms with Gasteiger partial charge < -0.3 is 10.1 Å². The van der Waals surface area contributed by atoms with Crippen molar-refractivity contribution in [1.29, 1.82) is 0 Å². The number of halogens is 1. The second-order valence-electron chi connectivity index (χ2n) is 3.43. The zero-order valence-electron chi connectivity index (χ0n) is 8.59. The van der Waals surface area contributed by atoms with Crippen LogP contribution in [0.3, 0.4) is 0 Å². The first kappa shape index (κ1) is 12.9. The highest BCUT2D eigenvalue weighted by molar-refractivity contribution is 5.85. The number of hydrogen-bond acceptors (Lipinski definition) is 4. The highest BCUT2D eigenvalue weighted by Crippen LogP contribution is 2.20. The summed E-state index contributed by atoms with van der Waals surface area (Å²) in [5.74, 6) is 0. The van der Waals surface area contributed by atoms with E-state index >= 15 is 0 Å². The van der Waals surface area contributed by atoms with Gasteiger partial charge in [0, 0.05) is 18.7 Å². The summed E-state index contributed by atoms with van der Waals surface area (Å²) in [5.41, 5.74) is 1.03.